The fourth-order valence-corrected chi connectivity index (χ4v) is 3.12. The van der Waals surface area contributed by atoms with E-state index in [9.17, 15) is 9.90 Å². The molecule has 3 rings (SSSR count). The van der Waals surface area contributed by atoms with Crippen molar-refractivity contribution in [2.75, 3.05) is 7.11 Å². The second kappa shape index (κ2) is 6.01. The highest BCUT2D eigenvalue weighted by molar-refractivity contribution is 9.10. The molecule has 23 heavy (non-hydrogen) atoms. The predicted octanol–water partition coefficient (Wildman–Crippen LogP) is 4.68. The Hall–Kier alpha value is -2.40. The van der Waals surface area contributed by atoms with Gasteiger partial charge >= 0.3 is 5.97 Å². The minimum absolute atomic E-state index is 0.241. The third-order valence-corrected chi connectivity index (χ3v) is 4.14. The molecule has 0 aliphatic heterocycles. The maximum Gasteiger partial charge on any atom is 0.336 e. The minimum Gasteiger partial charge on any atom is -0.497 e. The number of aromatic carboxylic acids is 1. The monoisotopic (exact) mass is 371 g/mol. The van der Waals surface area contributed by atoms with Gasteiger partial charge in [0.25, 0.3) is 0 Å². The Labute approximate surface area is 141 Å². The van der Waals surface area contributed by atoms with E-state index in [0.29, 0.717) is 16.6 Å². The third kappa shape index (κ3) is 2.92. The molecule has 4 nitrogen and oxygen atoms in total. The summed E-state index contributed by atoms with van der Waals surface area (Å²) in [5.74, 6) is -0.224. The van der Waals surface area contributed by atoms with Crippen LogP contribution in [0.2, 0.25) is 0 Å². The van der Waals surface area contributed by atoms with E-state index in [1.54, 1.807) is 19.2 Å². The lowest BCUT2D eigenvalue weighted by molar-refractivity contribution is 0.0699. The van der Waals surface area contributed by atoms with Crippen molar-refractivity contribution in [3.63, 3.8) is 0 Å². The zero-order valence-corrected chi connectivity index (χ0v) is 14.2. The molecule has 0 unspecified atom stereocenters. The summed E-state index contributed by atoms with van der Waals surface area (Å²) in [4.78, 5) is 16.3. The summed E-state index contributed by atoms with van der Waals surface area (Å²) in [6.45, 7) is 1.92. The van der Waals surface area contributed by atoms with E-state index in [4.69, 9.17) is 4.74 Å². The van der Waals surface area contributed by atoms with Crippen molar-refractivity contribution in [2.45, 2.75) is 6.92 Å². The van der Waals surface area contributed by atoms with E-state index in [-0.39, 0.29) is 5.56 Å². The van der Waals surface area contributed by atoms with Crippen LogP contribution in [0.3, 0.4) is 0 Å². The quantitative estimate of drug-likeness (QED) is 0.725. The summed E-state index contributed by atoms with van der Waals surface area (Å²) in [6, 6.07) is 12.7. The summed E-state index contributed by atoms with van der Waals surface area (Å²) in [6.07, 6.45) is 0. The lowest BCUT2D eigenvalue weighted by Gasteiger charge is -2.10. The number of fused-ring (bicyclic) bond motifs is 1. The van der Waals surface area contributed by atoms with Gasteiger partial charge in [-0.25, -0.2) is 9.78 Å². The average molecular weight is 372 g/mol. The average Bonchev–Trinajstić information content (AvgIpc) is 2.54. The fourth-order valence-electron chi connectivity index (χ4n) is 2.54. The molecule has 1 heterocycles. The number of carboxylic acids is 1. The first-order valence-corrected chi connectivity index (χ1v) is 7.77. The van der Waals surface area contributed by atoms with Crippen LogP contribution >= 0.6 is 15.9 Å². The maximum atomic E-state index is 11.7. The molecular weight excluding hydrogens is 358 g/mol. The summed E-state index contributed by atoms with van der Waals surface area (Å²) in [5.41, 5.74) is 3.33. The number of carboxylic acid groups (broad SMARTS) is 1. The topological polar surface area (TPSA) is 59.4 Å². The van der Waals surface area contributed by atoms with Gasteiger partial charge in [0.15, 0.2) is 0 Å². The molecule has 2 aromatic carbocycles. The van der Waals surface area contributed by atoms with Crippen molar-refractivity contribution in [3.05, 3.63) is 58.1 Å². The Kier molecular flexibility index (Phi) is 4.05. The minimum atomic E-state index is -0.968. The number of carbonyl (C=O) groups is 1. The lowest BCUT2D eigenvalue weighted by atomic mass is 10.0. The maximum absolute atomic E-state index is 11.7. The van der Waals surface area contributed by atoms with Crippen LogP contribution in [-0.4, -0.2) is 23.2 Å². The summed E-state index contributed by atoms with van der Waals surface area (Å²) in [7, 11) is 1.60. The van der Waals surface area contributed by atoms with Gasteiger partial charge in [-0.05, 0) is 55.0 Å². The zero-order valence-electron chi connectivity index (χ0n) is 12.6. The fraction of sp³-hybridized carbons (Fsp3) is 0.111. The van der Waals surface area contributed by atoms with Gasteiger partial charge in [-0.15, -0.1) is 0 Å². The summed E-state index contributed by atoms with van der Waals surface area (Å²) in [5, 5.41) is 10.2. The largest absolute Gasteiger partial charge is 0.497 e. The van der Waals surface area contributed by atoms with E-state index < -0.39 is 5.97 Å². The van der Waals surface area contributed by atoms with Crippen LogP contribution in [0.4, 0.5) is 0 Å². The molecule has 0 aliphatic rings. The smallest absolute Gasteiger partial charge is 0.336 e. The molecule has 1 aromatic heterocycles. The number of hydrogen-bond acceptors (Lipinski definition) is 3. The van der Waals surface area contributed by atoms with Crippen molar-refractivity contribution in [3.8, 4) is 17.0 Å². The molecule has 0 aliphatic carbocycles. The van der Waals surface area contributed by atoms with Gasteiger partial charge in [-0.2, -0.15) is 0 Å². The number of rotatable bonds is 3. The molecule has 116 valence electrons. The second-order valence-corrected chi connectivity index (χ2v) is 6.12. The van der Waals surface area contributed by atoms with Crippen LogP contribution in [0.25, 0.3) is 22.2 Å². The van der Waals surface area contributed by atoms with Crippen LogP contribution in [0, 0.1) is 6.92 Å². The summed E-state index contributed by atoms with van der Waals surface area (Å²) < 4.78 is 5.99. The number of pyridine rings is 1. The standard InChI is InChI=1S/C18H14BrNO3/c1-10-7-12(19)8-14-15(18(21)22)9-16(20-17(10)14)11-3-5-13(23-2)6-4-11/h3-9H,1-2H3,(H,21,22). The van der Waals surface area contributed by atoms with Gasteiger partial charge in [-0.1, -0.05) is 15.9 Å². The van der Waals surface area contributed by atoms with Gasteiger partial charge in [0.05, 0.1) is 23.9 Å². The number of aryl methyl sites for hydroxylation is 1. The Balaban J connectivity index is 2.27. The van der Waals surface area contributed by atoms with Crippen LogP contribution in [0.15, 0.2) is 46.9 Å². The molecule has 0 atom stereocenters. The molecule has 0 saturated heterocycles. The van der Waals surface area contributed by atoms with Crippen molar-refractivity contribution >= 4 is 32.8 Å². The van der Waals surface area contributed by atoms with Crippen molar-refractivity contribution < 1.29 is 14.6 Å². The van der Waals surface area contributed by atoms with Crippen molar-refractivity contribution in [1.29, 1.82) is 0 Å². The lowest BCUT2D eigenvalue weighted by Crippen LogP contribution is -2.01. The van der Waals surface area contributed by atoms with Crippen LogP contribution < -0.4 is 4.74 Å². The van der Waals surface area contributed by atoms with Gasteiger partial charge < -0.3 is 9.84 Å². The number of aromatic nitrogens is 1. The molecule has 0 bridgehead atoms. The first-order valence-electron chi connectivity index (χ1n) is 6.98. The Morgan fingerprint density at radius 3 is 2.48 bits per heavy atom. The molecule has 0 radical (unpaired) electrons. The molecular formula is C18H14BrNO3. The third-order valence-electron chi connectivity index (χ3n) is 3.68. The highest BCUT2D eigenvalue weighted by Crippen LogP contribution is 2.30. The first kappa shape index (κ1) is 15.5. The number of hydrogen-bond donors (Lipinski definition) is 1. The molecule has 0 saturated carbocycles. The van der Waals surface area contributed by atoms with Crippen LogP contribution in [-0.2, 0) is 0 Å². The number of ether oxygens (including phenoxy) is 1. The molecule has 1 N–H and O–H groups in total. The van der Waals surface area contributed by atoms with Gasteiger partial charge in [0.2, 0.25) is 0 Å². The number of nitrogens with zero attached hydrogens (tertiary/aromatic N) is 1. The van der Waals surface area contributed by atoms with Crippen molar-refractivity contribution in [1.82, 2.24) is 4.98 Å². The van der Waals surface area contributed by atoms with E-state index in [1.807, 2.05) is 37.3 Å². The predicted molar refractivity (Wildman–Crippen MR) is 93.1 cm³/mol. The van der Waals surface area contributed by atoms with Crippen LogP contribution in [0.5, 0.6) is 5.75 Å². The van der Waals surface area contributed by atoms with Crippen LogP contribution in [0.1, 0.15) is 15.9 Å². The molecule has 5 heteroatoms. The first-order chi connectivity index (χ1) is 11.0. The van der Waals surface area contributed by atoms with E-state index in [0.717, 1.165) is 21.3 Å². The Morgan fingerprint density at radius 2 is 1.87 bits per heavy atom. The Morgan fingerprint density at radius 1 is 1.17 bits per heavy atom. The van der Waals surface area contributed by atoms with E-state index >= 15 is 0 Å². The van der Waals surface area contributed by atoms with Gasteiger partial charge in [-0.3, -0.25) is 0 Å². The second-order valence-electron chi connectivity index (χ2n) is 5.21. The van der Waals surface area contributed by atoms with Crippen molar-refractivity contribution in [2.24, 2.45) is 0 Å². The highest BCUT2D eigenvalue weighted by atomic mass is 79.9. The molecule has 0 spiro atoms. The number of benzene rings is 2. The molecule has 0 fully saturated rings. The zero-order chi connectivity index (χ0) is 16.6. The summed E-state index contributed by atoms with van der Waals surface area (Å²) >= 11 is 3.41. The molecule has 0 amide bonds. The normalized spacial score (nSPS) is 10.7. The van der Waals surface area contributed by atoms with E-state index in [1.165, 1.54) is 0 Å². The molecule has 3 aromatic rings. The van der Waals surface area contributed by atoms with E-state index in [2.05, 4.69) is 20.9 Å². The Bertz CT molecular complexity index is 904. The SMILES string of the molecule is COc1ccc(-c2cc(C(=O)O)c3cc(Br)cc(C)c3n2)cc1. The highest BCUT2D eigenvalue weighted by Gasteiger charge is 2.15. The van der Waals surface area contributed by atoms with Gasteiger partial charge in [0.1, 0.15) is 5.75 Å². The number of methoxy groups -OCH3 is 1. The van der Waals surface area contributed by atoms with Gasteiger partial charge in [0, 0.05) is 15.4 Å². The number of halogens is 1.